The van der Waals surface area contributed by atoms with Crippen LogP contribution >= 0.6 is 0 Å². The molecule has 3 nitrogen and oxygen atoms in total. The topological polar surface area (TPSA) is 39.2 Å². The minimum Gasteiger partial charge on any atom is -0.461 e. The molecule has 0 amide bonds. The van der Waals surface area contributed by atoms with Gasteiger partial charge in [-0.15, -0.1) is 0 Å². The standard InChI is InChI=1S/C26H39NO2/c1-2-3-4-5-6-7-8-9-10-11-12-13-14-15-16-17-18-21-26(28)29-24-25-20-19-22-27-23-25/h9-10,12-13,15-16,19-20,22-23H,2-8,11,14,17-18,21,24H2,1H3/b10-9-,13-12-,16-15-. The zero-order valence-corrected chi connectivity index (χ0v) is 18.2. The average molecular weight is 398 g/mol. The Balaban J connectivity index is 1.90. The Hall–Kier alpha value is -2.16. The lowest BCUT2D eigenvalue weighted by atomic mass is 10.1. The quantitative estimate of drug-likeness (QED) is 0.155. The van der Waals surface area contributed by atoms with Gasteiger partial charge in [0.1, 0.15) is 6.61 Å². The first-order chi connectivity index (χ1) is 14.3. The van der Waals surface area contributed by atoms with Crippen LogP contribution in [-0.2, 0) is 16.1 Å². The van der Waals surface area contributed by atoms with Gasteiger partial charge in [0.25, 0.3) is 0 Å². The fourth-order valence-corrected chi connectivity index (χ4v) is 2.90. The molecule has 1 rings (SSSR count). The van der Waals surface area contributed by atoms with Crippen molar-refractivity contribution in [3.05, 3.63) is 66.5 Å². The molecule has 3 heteroatoms. The lowest BCUT2D eigenvalue weighted by molar-refractivity contribution is -0.145. The summed E-state index contributed by atoms with van der Waals surface area (Å²) in [6.45, 7) is 2.57. The molecule has 0 bridgehead atoms. The van der Waals surface area contributed by atoms with Gasteiger partial charge in [-0.1, -0.05) is 81.6 Å². The van der Waals surface area contributed by atoms with Gasteiger partial charge in [0.05, 0.1) is 0 Å². The molecular weight excluding hydrogens is 358 g/mol. The highest BCUT2D eigenvalue weighted by Gasteiger charge is 2.02. The van der Waals surface area contributed by atoms with E-state index < -0.39 is 0 Å². The summed E-state index contributed by atoms with van der Waals surface area (Å²) in [7, 11) is 0. The summed E-state index contributed by atoms with van der Waals surface area (Å²) in [4.78, 5) is 15.7. The van der Waals surface area contributed by atoms with Crippen molar-refractivity contribution in [2.75, 3.05) is 0 Å². The van der Waals surface area contributed by atoms with Crippen LogP contribution in [0.5, 0.6) is 0 Å². The Morgan fingerprint density at radius 3 is 2.24 bits per heavy atom. The lowest BCUT2D eigenvalue weighted by Crippen LogP contribution is -2.04. The number of esters is 1. The summed E-state index contributed by atoms with van der Waals surface area (Å²) in [5, 5.41) is 0. The summed E-state index contributed by atoms with van der Waals surface area (Å²) >= 11 is 0. The van der Waals surface area contributed by atoms with Crippen molar-refractivity contribution in [3.8, 4) is 0 Å². The van der Waals surface area contributed by atoms with Crippen LogP contribution in [0.4, 0.5) is 0 Å². The van der Waals surface area contributed by atoms with E-state index in [4.69, 9.17) is 4.74 Å². The molecular formula is C26H39NO2. The monoisotopic (exact) mass is 397 g/mol. The number of rotatable bonds is 17. The van der Waals surface area contributed by atoms with Gasteiger partial charge in [0, 0.05) is 24.4 Å². The van der Waals surface area contributed by atoms with E-state index >= 15 is 0 Å². The molecule has 0 unspecified atom stereocenters. The van der Waals surface area contributed by atoms with E-state index in [1.54, 1.807) is 12.4 Å². The molecule has 0 aliphatic carbocycles. The van der Waals surface area contributed by atoms with Crippen LogP contribution in [0.2, 0.25) is 0 Å². The van der Waals surface area contributed by atoms with Gasteiger partial charge < -0.3 is 4.74 Å². The molecule has 0 fully saturated rings. The highest BCUT2D eigenvalue weighted by molar-refractivity contribution is 5.69. The van der Waals surface area contributed by atoms with Crippen molar-refractivity contribution in [3.63, 3.8) is 0 Å². The summed E-state index contributed by atoms with van der Waals surface area (Å²) in [5.74, 6) is -0.144. The van der Waals surface area contributed by atoms with Gasteiger partial charge in [-0.3, -0.25) is 9.78 Å². The van der Waals surface area contributed by atoms with Crippen LogP contribution < -0.4 is 0 Å². The number of aromatic nitrogens is 1. The maximum absolute atomic E-state index is 11.7. The van der Waals surface area contributed by atoms with Crippen molar-refractivity contribution < 1.29 is 9.53 Å². The normalized spacial score (nSPS) is 11.8. The molecule has 0 aliphatic heterocycles. The number of hydrogen-bond acceptors (Lipinski definition) is 3. The first-order valence-corrected chi connectivity index (χ1v) is 11.3. The van der Waals surface area contributed by atoms with E-state index in [1.165, 1.54) is 44.9 Å². The third kappa shape index (κ3) is 16.5. The second-order valence-electron chi connectivity index (χ2n) is 7.36. The Morgan fingerprint density at radius 1 is 0.897 bits per heavy atom. The number of nitrogens with zero attached hydrogens (tertiary/aromatic N) is 1. The molecule has 0 aliphatic rings. The third-order valence-corrected chi connectivity index (χ3v) is 4.64. The van der Waals surface area contributed by atoms with Crippen molar-refractivity contribution in [2.45, 2.75) is 90.6 Å². The summed E-state index contributed by atoms with van der Waals surface area (Å²) in [5.41, 5.74) is 0.921. The molecule has 0 saturated carbocycles. The highest BCUT2D eigenvalue weighted by atomic mass is 16.5. The third-order valence-electron chi connectivity index (χ3n) is 4.64. The predicted molar refractivity (Wildman–Crippen MR) is 123 cm³/mol. The van der Waals surface area contributed by atoms with Crippen LogP contribution in [0, 0.1) is 0 Å². The predicted octanol–water partition coefficient (Wildman–Crippen LogP) is 7.49. The summed E-state index contributed by atoms with van der Waals surface area (Å²) in [6, 6.07) is 3.75. The number of hydrogen-bond donors (Lipinski definition) is 0. The van der Waals surface area contributed by atoms with E-state index in [1.807, 2.05) is 12.1 Å². The van der Waals surface area contributed by atoms with Crippen molar-refractivity contribution in [1.82, 2.24) is 4.98 Å². The molecule has 0 saturated heterocycles. The summed E-state index contributed by atoms with van der Waals surface area (Å²) in [6.07, 6.45) is 30.3. The molecule has 0 aromatic carbocycles. The van der Waals surface area contributed by atoms with Gasteiger partial charge in [0.2, 0.25) is 0 Å². The number of allylic oxidation sites excluding steroid dienone is 6. The molecule has 1 aromatic heterocycles. The van der Waals surface area contributed by atoms with Gasteiger partial charge >= 0.3 is 5.97 Å². The minimum atomic E-state index is -0.144. The first-order valence-electron chi connectivity index (χ1n) is 11.3. The van der Waals surface area contributed by atoms with Gasteiger partial charge in [-0.25, -0.2) is 0 Å². The molecule has 0 spiro atoms. The molecule has 160 valence electrons. The smallest absolute Gasteiger partial charge is 0.306 e. The number of carbonyl (C=O) groups is 1. The van der Waals surface area contributed by atoms with Crippen molar-refractivity contribution >= 4 is 5.97 Å². The van der Waals surface area contributed by atoms with E-state index in [-0.39, 0.29) is 5.97 Å². The lowest BCUT2D eigenvalue weighted by Gasteiger charge is -2.03. The minimum absolute atomic E-state index is 0.144. The number of pyridine rings is 1. The second-order valence-corrected chi connectivity index (χ2v) is 7.36. The Kier molecular flexibility index (Phi) is 16.4. The van der Waals surface area contributed by atoms with E-state index in [0.29, 0.717) is 13.0 Å². The SMILES string of the molecule is CCCCCCCC/C=C\C/C=C\C/C=C\CCCC(=O)OCc1cccnc1. The maximum atomic E-state index is 11.7. The van der Waals surface area contributed by atoms with Crippen LogP contribution in [0.15, 0.2) is 61.0 Å². The molecule has 29 heavy (non-hydrogen) atoms. The fraction of sp³-hybridized carbons (Fsp3) is 0.538. The van der Waals surface area contributed by atoms with Gasteiger partial charge in [-0.2, -0.15) is 0 Å². The van der Waals surface area contributed by atoms with Crippen molar-refractivity contribution in [2.24, 2.45) is 0 Å². The van der Waals surface area contributed by atoms with Crippen molar-refractivity contribution in [1.29, 1.82) is 0 Å². The van der Waals surface area contributed by atoms with E-state index in [2.05, 4.69) is 48.4 Å². The molecule has 0 radical (unpaired) electrons. The number of carbonyl (C=O) groups excluding carboxylic acids is 1. The van der Waals surface area contributed by atoms with Gasteiger partial charge in [0.15, 0.2) is 0 Å². The molecule has 0 atom stereocenters. The zero-order chi connectivity index (χ0) is 20.8. The Bertz CT molecular complexity index is 590. The Morgan fingerprint density at radius 2 is 1.55 bits per heavy atom. The second kappa shape index (κ2) is 19.2. The Labute approximate surface area is 178 Å². The van der Waals surface area contributed by atoms with Crippen LogP contribution in [0.3, 0.4) is 0 Å². The largest absolute Gasteiger partial charge is 0.461 e. The van der Waals surface area contributed by atoms with Gasteiger partial charge in [-0.05, 0) is 44.6 Å². The zero-order valence-electron chi connectivity index (χ0n) is 18.2. The molecule has 1 heterocycles. The molecule has 0 N–H and O–H groups in total. The number of unbranched alkanes of at least 4 members (excludes halogenated alkanes) is 7. The van der Waals surface area contributed by atoms with Crippen LogP contribution in [0.25, 0.3) is 0 Å². The first kappa shape index (κ1) is 24.9. The molecule has 1 aromatic rings. The highest BCUT2D eigenvalue weighted by Crippen LogP contribution is 2.07. The van der Waals surface area contributed by atoms with Crippen LogP contribution in [-0.4, -0.2) is 11.0 Å². The average Bonchev–Trinajstić information content (AvgIpc) is 2.75. The van der Waals surface area contributed by atoms with E-state index in [9.17, 15) is 4.79 Å². The fourth-order valence-electron chi connectivity index (χ4n) is 2.90. The van der Waals surface area contributed by atoms with E-state index in [0.717, 1.165) is 31.2 Å². The number of ether oxygens (including phenoxy) is 1. The van der Waals surface area contributed by atoms with Crippen LogP contribution in [0.1, 0.15) is 89.5 Å². The maximum Gasteiger partial charge on any atom is 0.306 e. The summed E-state index contributed by atoms with van der Waals surface area (Å²) < 4.78 is 5.24.